The molecule has 2 N–H and O–H groups in total. The first-order valence-corrected chi connectivity index (χ1v) is 11.1. The van der Waals surface area contributed by atoms with Gasteiger partial charge < -0.3 is 29.7 Å². The highest BCUT2D eigenvalue weighted by atomic mass is 35.5. The summed E-state index contributed by atoms with van der Waals surface area (Å²) >= 11 is 0. The van der Waals surface area contributed by atoms with Crippen molar-refractivity contribution in [1.29, 1.82) is 0 Å². The smallest absolute Gasteiger partial charge is 0.260 e. The Morgan fingerprint density at radius 3 is 2.56 bits per heavy atom. The van der Waals surface area contributed by atoms with Gasteiger partial charge in [0.15, 0.2) is 17.6 Å². The van der Waals surface area contributed by atoms with E-state index in [4.69, 9.17) is 14.2 Å². The fraction of sp³-hybridized carbons (Fsp3) is 0.652. The van der Waals surface area contributed by atoms with Gasteiger partial charge in [-0.1, -0.05) is 0 Å². The summed E-state index contributed by atoms with van der Waals surface area (Å²) < 4.78 is 16.8. The Morgan fingerprint density at radius 1 is 1.22 bits per heavy atom. The third-order valence-electron chi connectivity index (χ3n) is 5.32. The molecule has 0 aliphatic carbocycles. The second kappa shape index (κ2) is 14.2. The number of benzene rings is 1. The van der Waals surface area contributed by atoms with Gasteiger partial charge in [-0.05, 0) is 58.4 Å². The van der Waals surface area contributed by atoms with E-state index in [0.29, 0.717) is 36.7 Å². The molecule has 1 saturated heterocycles. The maximum Gasteiger partial charge on any atom is 0.260 e. The van der Waals surface area contributed by atoms with E-state index < -0.39 is 6.10 Å². The summed E-state index contributed by atoms with van der Waals surface area (Å²) in [7, 11) is 3.20. The maximum absolute atomic E-state index is 13.4. The van der Waals surface area contributed by atoms with Crippen molar-refractivity contribution in [2.24, 2.45) is 0 Å². The van der Waals surface area contributed by atoms with Gasteiger partial charge in [0.25, 0.3) is 11.8 Å². The van der Waals surface area contributed by atoms with Crippen LogP contribution < -0.4 is 20.1 Å². The number of methoxy groups -OCH3 is 1. The van der Waals surface area contributed by atoms with E-state index in [9.17, 15) is 9.59 Å². The molecule has 1 heterocycles. The predicted molar refractivity (Wildman–Crippen MR) is 127 cm³/mol. The van der Waals surface area contributed by atoms with Crippen molar-refractivity contribution in [1.82, 2.24) is 15.5 Å². The van der Waals surface area contributed by atoms with Crippen molar-refractivity contribution in [2.75, 3.05) is 40.5 Å². The van der Waals surface area contributed by atoms with E-state index in [2.05, 4.69) is 10.6 Å². The van der Waals surface area contributed by atoms with Crippen LogP contribution in [0.5, 0.6) is 11.5 Å². The van der Waals surface area contributed by atoms with Gasteiger partial charge in [0.1, 0.15) is 0 Å². The molecule has 2 amide bonds. The Balaban J connectivity index is 0.00000512. The monoisotopic (exact) mass is 471 g/mol. The molecule has 1 unspecified atom stereocenters. The predicted octanol–water partition coefficient (Wildman–Crippen LogP) is 2.64. The van der Waals surface area contributed by atoms with E-state index in [-0.39, 0.29) is 36.3 Å². The van der Waals surface area contributed by atoms with Gasteiger partial charge in [-0.15, -0.1) is 12.4 Å². The number of carbonyl (C=O) groups is 2. The molecule has 0 radical (unpaired) electrons. The van der Waals surface area contributed by atoms with Gasteiger partial charge in [-0.25, -0.2) is 0 Å². The molecule has 1 aliphatic rings. The van der Waals surface area contributed by atoms with Crippen LogP contribution in [0.25, 0.3) is 0 Å². The summed E-state index contributed by atoms with van der Waals surface area (Å²) in [6.45, 7) is 8.52. The van der Waals surface area contributed by atoms with E-state index in [1.54, 1.807) is 39.3 Å². The SMILES string of the molecule is CNC(=O)C(C)Oc1ccc(C(=O)N(C(C)C)[C@@H]2CCCNC2)cc1OCCCOC.Cl. The lowest BCUT2D eigenvalue weighted by molar-refractivity contribution is -0.126. The van der Waals surface area contributed by atoms with Gasteiger partial charge in [-0.3, -0.25) is 9.59 Å². The van der Waals surface area contributed by atoms with Crippen molar-refractivity contribution in [3.05, 3.63) is 23.8 Å². The number of amides is 2. The Hall–Kier alpha value is -2.03. The van der Waals surface area contributed by atoms with Crippen LogP contribution in [0.1, 0.15) is 50.4 Å². The highest BCUT2D eigenvalue weighted by molar-refractivity contribution is 5.95. The minimum atomic E-state index is -0.687. The van der Waals surface area contributed by atoms with Gasteiger partial charge in [-0.2, -0.15) is 0 Å². The molecule has 1 fully saturated rings. The molecule has 1 aromatic rings. The zero-order valence-corrected chi connectivity index (χ0v) is 20.6. The molecular weight excluding hydrogens is 434 g/mol. The highest BCUT2D eigenvalue weighted by Crippen LogP contribution is 2.31. The number of rotatable bonds is 11. The van der Waals surface area contributed by atoms with Crippen LogP contribution in [-0.2, 0) is 9.53 Å². The lowest BCUT2D eigenvalue weighted by atomic mass is 10.0. The average Bonchev–Trinajstić information content (AvgIpc) is 2.77. The molecule has 182 valence electrons. The zero-order chi connectivity index (χ0) is 22.8. The van der Waals surface area contributed by atoms with Gasteiger partial charge >= 0.3 is 0 Å². The van der Waals surface area contributed by atoms with Crippen LogP contribution in [0.3, 0.4) is 0 Å². The van der Waals surface area contributed by atoms with E-state index in [1.807, 2.05) is 18.7 Å². The fourth-order valence-electron chi connectivity index (χ4n) is 3.73. The molecule has 2 rings (SSSR count). The second-order valence-corrected chi connectivity index (χ2v) is 8.04. The zero-order valence-electron chi connectivity index (χ0n) is 19.8. The molecule has 32 heavy (non-hydrogen) atoms. The topological polar surface area (TPSA) is 89.1 Å². The standard InChI is InChI=1S/C23H37N3O5.ClH/c1-16(2)26(19-8-6-11-25-15-19)23(28)18-9-10-20(31-17(3)22(27)24-4)21(14-18)30-13-7-12-29-5;/h9-10,14,16-17,19,25H,6-8,11-13,15H2,1-5H3,(H,24,27);1H/t17?,19-;/m1./s1. The Morgan fingerprint density at radius 2 is 1.97 bits per heavy atom. The number of halogens is 1. The summed E-state index contributed by atoms with van der Waals surface area (Å²) in [5.41, 5.74) is 0.543. The summed E-state index contributed by atoms with van der Waals surface area (Å²) in [5.74, 6) is 0.612. The number of hydrogen-bond acceptors (Lipinski definition) is 6. The van der Waals surface area contributed by atoms with Crippen LogP contribution in [0.2, 0.25) is 0 Å². The summed E-state index contributed by atoms with van der Waals surface area (Å²) in [4.78, 5) is 27.2. The second-order valence-electron chi connectivity index (χ2n) is 8.04. The lowest BCUT2D eigenvalue weighted by Crippen LogP contribution is -2.51. The average molecular weight is 472 g/mol. The van der Waals surface area contributed by atoms with E-state index in [1.165, 1.54) is 0 Å². The summed E-state index contributed by atoms with van der Waals surface area (Å²) in [5, 5.41) is 5.96. The van der Waals surface area contributed by atoms with Crippen LogP contribution in [0.15, 0.2) is 18.2 Å². The highest BCUT2D eigenvalue weighted by Gasteiger charge is 2.29. The Labute approximate surface area is 197 Å². The third-order valence-corrected chi connectivity index (χ3v) is 5.32. The van der Waals surface area contributed by atoms with Gasteiger partial charge in [0, 0.05) is 51.4 Å². The molecule has 0 spiro atoms. The quantitative estimate of drug-likeness (QED) is 0.482. The minimum absolute atomic E-state index is 0. The molecule has 0 aromatic heterocycles. The first kappa shape index (κ1) is 28.0. The molecule has 9 heteroatoms. The Bertz CT molecular complexity index is 726. The van der Waals surface area contributed by atoms with Crippen LogP contribution in [0.4, 0.5) is 0 Å². The number of nitrogens with one attached hydrogen (secondary N) is 2. The van der Waals surface area contributed by atoms with Crippen molar-refractivity contribution in [2.45, 2.75) is 58.2 Å². The lowest BCUT2D eigenvalue weighted by Gasteiger charge is -2.37. The molecule has 2 atom stereocenters. The first-order chi connectivity index (χ1) is 14.9. The van der Waals surface area contributed by atoms with Crippen molar-refractivity contribution < 1.29 is 23.8 Å². The van der Waals surface area contributed by atoms with Gasteiger partial charge in [0.05, 0.1) is 6.61 Å². The number of nitrogens with zero attached hydrogens (tertiary/aromatic N) is 1. The van der Waals surface area contributed by atoms with E-state index in [0.717, 1.165) is 25.9 Å². The number of hydrogen-bond donors (Lipinski definition) is 2. The van der Waals surface area contributed by atoms with Gasteiger partial charge in [0.2, 0.25) is 0 Å². The van der Waals surface area contributed by atoms with Crippen molar-refractivity contribution >= 4 is 24.2 Å². The third kappa shape index (κ3) is 7.83. The van der Waals surface area contributed by atoms with Crippen molar-refractivity contribution in [3.63, 3.8) is 0 Å². The molecule has 1 aromatic carbocycles. The number of carbonyl (C=O) groups excluding carboxylic acids is 2. The first-order valence-electron chi connectivity index (χ1n) is 11.1. The number of ether oxygens (including phenoxy) is 3. The van der Waals surface area contributed by atoms with Crippen LogP contribution in [-0.4, -0.2) is 75.4 Å². The normalized spacial score (nSPS) is 16.6. The Kier molecular flexibility index (Phi) is 12.4. The summed E-state index contributed by atoms with van der Waals surface area (Å²) in [6.07, 6.45) is 2.06. The summed E-state index contributed by atoms with van der Waals surface area (Å²) in [6, 6.07) is 5.40. The minimum Gasteiger partial charge on any atom is -0.490 e. The molecular formula is C23H38ClN3O5. The molecule has 0 bridgehead atoms. The van der Waals surface area contributed by atoms with Crippen LogP contribution in [0, 0.1) is 0 Å². The number of piperidine rings is 1. The molecule has 0 saturated carbocycles. The maximum atomic E-state index is 13.4. The molecule has 1 aliphatic heterocycles. The van der Waals surface area contributed by atoms with Crippen molar-refractivity contribution in [3.8, 4) is 11.5 Å². The van der Waals surface area contributed by atoms with E-state index >= 15 is 0 Å². The van der Waals surface area contributed by atoms with Crippen LogP contribution >= 0.6 is 12.4 Å². The largest absolute Gasteiger partial charge is 0.490 e. The molecule has 8 nitrogen and oxygen atoms in total. The fourth-order valence-corrected chi connectivity index (χ4v) is 3.73. The number of likely N-dealkylation sites (N-methyl/N-ethyl adjacent to an activating group) is 1.